The van der Waals surface area contributed by atoms with E-state index in [1.54, 1.807) is 42.0 Å². The molecular formula is C20H14N4O. The van der Waals surface area contributed by atoms with Crippen LogP contribution in [0.3, 0.4) is 0 Å². The highest BCUT2D eigenvalue weighted by Crippen LogP contribution is 2.22. The molecule has 0 spiro atoms. The van der Waals surface area contributed by atoms with Crippen LogP contribution in [0.4, 0.5) is 0 Å². The molecule has 3 aromatic rings. The van der Waals surface area contributed by atoms with E-state index in [0.717, 1.165) is 16.6 Å². The molecule has 2 aromatic carbocycles. The molecule has 0 fully saturated rings. The highest BCUT2D eigenvalue weighted by atomic mass is 16.1. The van der Waals surface area contributed by atoms with E-state index in [1.807, 2.05) is 30.3 Å². The first-order chi connectivity index (χ1) is 12.1. The first kappa shape index (κ1) is 16.2. The van der Waals surface area contributed by atoms with Crippen LogP contribution in [0, 0.1) is 22.7 Å². The van der Waals surface area contributed by atoms with Crippen molar-refractivity contribution in [1.29, 1.82) is 10.5 Å². The minimum Gasteiger partial charge on any atom is -0.330 e. The lowest BCUT2D eigenvalue weighted by Crippen LogP contribution is -2.13. The van der Waals surface area contributed by atoms with Crippen LogP contribution in [0.25, 0.3) is 17.1 Å². The third kappa shape index (κ3) is 3.17. The lowest BCUT2D eigenvalue weighted by molar-refractivity contribution is -0.115. The summed E-state index contributed by atoms with van der Waals surface area (Å²) in [7, 11) is 1.79. The SMILES string of the molecule is Cn1c(C(C#N)C(=O)/C=C/c2cccc(C#N)c2)nc2ccccc21. The number of rotatable bonds is 4. The van der Waals surface area contributed by atoms with Crippen molar-refractivity contribution < 1.29 is 4.79 Å². The van der Waals surface area contributed by atoms with Gasteiger partial charge in [-0.2, -0.15) is 10.5 Å². The highest BCUT2D eigenvalue weighted by molar-refractivity contribution is 6.00. The summed E-state index contributed by atoms with van der Waals surface area (Å²) in [5.74, 6) is -0.903. The Hall–Kier alpha value is -3.70. The second-order valence-corrected chi connectivity index (χ2v) is 5.55. The molecule has 5 nitrogen and oxygen atoms in total. The number of hydrogen-bond acceptors (Lipinski definition) is 4. The number of carbonyl (C=O) groups excluding carboxylic acids is 1. The lowest BCUT2D eigenvalue weighted by atomic mass is 10.0. The fraction of sp³-hybridized carbons (Fsp3) is 0.100. The Balaban J connectivity index is 1.91. The third-order valence-electron chi connectivity index (χ3n) is 3.95. The normalized spacial score (nSPS) is 12.0. The number of ketones is 1. The number of nitrogens with zero attached hydrogens (tertiary/aromatic N) is 4. The maximum Gasteiger partial charge on any atom is 0.180 e. The van der Waals surface area contributed by atoms with Crippen LogP contribution in [-0.2, 0) is 11.8 Å². The van der Waals surface area contributed by atoms with Crippen LogP contribution in [0.2, 0.25) is 0 Å². The fourth-order valence-electron chi connectivity index (χ4n) is 2.66. The van der Waals surface area contributed by atoms with E-state index in [2.05, 4.69) is 11.1 Å². The number of aromatic nitrogens is 2. The Morgan fingerprint density at radius 2 is 2.00 bits per heavy atom. The summed E-state index contributed by atoms with van der Waals surface area (Å²) < 4.78 is 1.77. The number of aryl methyl sites for hydroxylation is 1. The van der Waals surface area contributed by atoms with Crippen LogP contribution in [0.15, 0.2) is 54.6 Å². The zero-order valence-electron chi connectivity index (χ0n) is 13.5. The van der Waals surface area contributed by atoms with Crippen LogP contribution < -0.4 is 0 Å². The van der Waals surface area contributed by atoms with E-state index in [0.29, 0.717) is 11.4 Å². The lowest BCUT2D eigenvalue weighted by Gasteiger charge is -2.06. The summed E-state index contributed by atoms with van der Waals surface area (Å²) in [6.07, 6.45) is 2.97. The molecule has 0 aliphatic carbocycles. The van der Waals surface area contributed by atoms with E-state index in [-0.39, 0.29) is 5.78 Å². The van der Waals surface area contributed by atoms with Crippen molar-refractivity contribution in [3.05, 3.63) is 71.6 Å². The largest absolute Gasteiger partial charge is 0.330 e. The molecule has 0 amide bonds. The number of carbonyl (C=O) groups is 1. The Morgan fingerprint density at radius 1 is 1.20 bits per heavy atom. The van der Waals surface area contributed by atoms with Gasteiger partial charge in [0, 0.05) is 7.05 Å². The summed E-state index contributed by atoms with van der Waals surface area (Å²) in [6.45, 7) is 0. The van der Waals surface area contributed by atoms with Gasteiger partial charge in [-0.1, -0.05) is 30.3 Å². The first-order valence-electron chi connectivity index (χ1n) is 7.67. The smallest absolute Gasteiger partial charge is 0.180 e. The van der Waals surface area contributed by atoms with Gasteiger partial charge in [-0.15, -0.1) is 0 Å². The van der Waals surface area contributed by atoms with E-state index in [9.17, 15) is 10.1 Å². The van der Waals surface area contributed by atoms with E-state index in [4.69, 9.17) is 5.26 Å². The van der Waals surface area contributed by atoms with Gasteiger partial charge >= 0.3 is 0 Å². The molecule has 1 atom stereocenters. The van der Waals surface area contributed by atoms with Crippen molar-refractivity contribution in [1.82, 2.24) is 9.55 Å². The molecule has 1 unspecified atom stereocenters. The second kappa shape index (κ2) is 6.82. The van der Waals surface area contributed by atoms with E-state index >= 15 is 0 Å². The Morgan fingerprint density at radius 3 is 2.72 bits per heavy atom. The molecule has 0 N–H and O–H groups in total. The monoisotopic (exact) mass is 326 g/mol. The van der Waals surface area contributed by atoms with Crippen LogP contribution >= 0.6 is 0 Å². The first-order valence-corrected chi connectivity index (χ1v) is 7.67. The van der Waals surface area contributed by atoms with Crippen molar-refractivity contribution >= 4 is 22.9 Å². The molecule has 0 radical (unpaired) electrons. The highest BCUT2D eigenvalue weighted by Gasteiger charge is 2.23. The van der Waals surface area contributed by atoms with Crippen molar-refractivity contribution in [2.75, 3.05) is 0 Å². The molecule has 25 heavy (non-hydrogen) atoms. The van der Waals surface area contributed by atoms with E-state index in [1.165, 1.54) is 6.08 Å². The molecule has 5 heteroatoms. The van der Waals surface area contributed by atoms with Gasteiger partial charge in [-0.05, 0) is 35.9 Å². The molecule has 0 aliphatic heterocycles. The molecule has 1 aromatic heterocycles. The van der Waals surface area contributed by atoms with Gasteiger partial charge in [0.2, 0.25) is 0 Å². The predicted molar refractivity (Wildman–Crippen MR) is 94.3 cm³/mol. The minimum atomic E-state index is -0.979. The summed E-state index contributed by atoms with van der Waals surface area (Å²) in [4.78, 5) is 16.9. The number of para-hydroxylation sites is 2. The van der Waals surface area contributed by atoms with Crippen molar-refractivity contribution in [2.45, 2.75) is 5.92 Å². The molecule has 3 rings (SSSR count). The third-order valence-corrected chi connectivity index (χ3v) is 3.95. The number of allylic oxidation sites excluding steroid dienone is 1. The Bertz CT molecular complexity index is 1060. The Kier molecular flexibility index (Phi) is 4.41. The van der Waals surface area contributed by atoms with Gasteiger partial charge in [-0.25, -0.2) is 4.98 Å². The van der Waals surface area contributed by atoms with Crippen molar-refractivity contribution in [3.63, 3.8) is 0 Å². The number of benzene rings is 2. The van der Waals surface area contributed by atoms with Crippen LogP contribution in [-0.4, -0.2) is 15.3 Å². The molecule has 0 saturated heterocycles. The number of hydrogen-bond donors (Lipinski definition) is 0. The minimum absolute atomic E-state index is 0.344. The number of fused-ring (bicyclic) bond motifs is 1. The zero-order chi connectivity index (χ0) is 17.8. The quantitative estimate of drug-likeness (QED) is 0.688. The topological polar surface area (TPSA) is 82.5 Å². The summed E-state index contributed by atoms with van der Waals surface area (Å²) in [5, 5.41) is 18.4. The molecule has 0 bridgehead atoms. The maximum absolute atomic E-state index is 12.5. The van der Waals surface area contributed by atoms with Crippen LogP contribution in [0.5, 0.6) is 0 Å². The van der Waals surface area contributed by atoms with E-state index < -0.39 is 5.92 Å². The maximum atomic E-state index is 12.5. The molecular weight excluding hydrogens is 312 g/mol. The summed E-state index contributed by atoms with van der Waals surface area (Å²) in [6, 6.07) is 18.5. The van der Waals surface area contributed by atoms with Gasteiger partial charge in [0.05, 0.1) is 28.7 Å². The van der Waals surface area contributed by atoms with Gasteiger partial charge in [0.25, 0.3) is 0 Å². The van der Waals surface area contributed by atoms with Gasteiger partial charge in [0.1, 0.15) is 5.82 Å². The zero-order valence-corrected chi connectivity index (χ0v) is 13.5. The molecule has 120 valence electrons. The van der Waals surface area contributed by atoms with Crippen LogP contribution in [0.1, 0.15) is 22.9 Å². The van der Waals surface area contributed by atoms with Crippen molar-refractivity contribution in [3.8, 4) is 12.1 Å². The average Bonchev–Trinajstić information content (AvgIpc) is 2.98. The fourth-order valence-corrected chi connectivity index (χ4v) is 2.66. The van der Waals surface area contributed by atoms with Gasteiger partial charge in [-0.3, -0.25) is 4.79 Å². The van der Waals surface area contributed by atoms with Gasteiger partial charge in [0.15, 0.2) is 11.7 Å². The summed E-state index contributed by atoms with van der Waals surface area (Å²) in [5.41, 5.74) is 2.87. The summed E-state index contributed by atoms with van der Waals surface area (Å²) >= 11 is 0. The predicted octanol–water partition coefficient (Wildman–Crippen LogP) is 3.33. The average molecular weight is 326 g/mol. The second-order valence-electron chi connectivity index (χ2n) is 5.55. The molecule has 0 aliphatic rings. The number of nitriles is 2. The standard InChI is InChI=1S/C20H14N4O/c1-24-18-8-3-2-7-17(18)23-20(24)16(13-22)19(25)10-9-14-5-4-6-15(11-14)12-21/h2-11,16H,1H3/b10-9+. The Labute approximate surface area is 145 Å². The van der Waals surface area contributed by atoms with Gasteiger partial charge < -0.3 is 4.57 Å². The molecule has 1 heterocycles. The molecule has 0 saturated carbocycles. The number of imidazole rings is 1. The van der Waals surface area contributed by atoms with Crippen molar-refractivity contribution in [2.24, 2.45) is 7.05 Å².